The van der Waals surface area contributed by atoms with E-state index in [9.17, 15) is 4.79 Å². The van der Waals surface area contributed by atoms with Crippen LogP contribution in [0, 0.1) is 6.92 Å². The Labute approximate surface area is 135 Å². The molecule has 0 aliphatic carbocycles. The third-order valence-corrected chi connectivity index (χ3v) is 4.31. The number of aromatic nitrogens is 1. The van der Waals surface area contributed by atoms with Crippen molar-refractivity contribution in [2.75, 3.05) is 11.9 Å². The van der Waals surface area contributed by atoms with Gasteiger partial charge >= 0.3 is 0 Å². The fourth-order valence-electron chi connectivity index (χ4n) is 2.14. The van der Waals surface area contributed by atoms with Crippen molar-refractivity contribution in [2.24, 2.45) is 0 Å². The summed E-state index contributed by atoms with van der Waals surface area (Å²) in [4.78, 5) is 16.6. The monoisotopic (exact) mass is 318 g/mol. The van der Waals surface area contributed by atoms with Gasteiger partial charge in [-0.2, -0.15) is 0 Å². The predicted molar refractivity (Wildman–Crippen MR) is 91.6 cm³/mol. The molecular formula is C17H22N2O2S. The number of aryl methyl sites for hydroxylation is 1. The van der Waals surface area contributed by atoms with Gasteiger partial charge in [-0.3, -0.25) is 4.79 Å². The van der Waals surface area contributed by atoms with Crippen molar-refractivity contribution in [3.05, 3.63) is 30.0 Å². The summed E-state index contributed by atoms with van der Waals surface area (Å²) in [5, 5.41) is 3.37. The molecule has 2 rings (SSSR count). The third kappa shape index (κ3) is 4.56. The molecule has 0 radical (unpaired) electrons. The summed E-state index contributed by atoms with van der Waals surface area (Å²) in [6.45, 7) is 6.36. The van der Waals surface area contributed by atoms with Crippen LogP contribution in [0.4, 0.5) is 5.13 Å². The van der Waals surface area contributed by atoms with Crippen LogP contribution in [0.3, 0.4) is 0 Å². The Bertz CT molecular complexity index is 637. The van der Waals surface area contributed by atoms with Crippen LogP contribution in [0.2, 0.25) is 0 Å². The zero-order chi connectivity index (χ0) is 15.9. The SMILES string of the molecule is CCCCCOc1cccc(-c2sc(NC(C)=O)nc2C)c1. The molecule has 0 saturated carbocycles. The first kappa shape index (κ1) is 16.5. The molecule has 0 saturated heterocycles. The zero-order valence-corrected chi connectivity index (χ0v) is 14.1. The number of benzene rings is 1. The molecule has 1 amide bonds. The van der Waals surface area contributed by atoms with Crippen LogP contribution in [0.25, 0.3) is 10.4 Å². The number of nitrogens with one attached hydrogen (secondary N) is 1. The highest BCUT2D eigenvalue weighted by Gasteiger charge is 2.11. The molecule has 118 valence electrons. The maximum Gasteiger partial charge on any atom is 0.223 e. The standard InChI is InChI=1S/C17H22N2O2S/c1-4-5-6-10-21-15-9-7-8-14(11-15)16-12(2)18-17(22-16)19-13(3)20/h7-9,11H,4-6,10H2,1-3H3,(H,18,19,20). The molecule has 0 atom stereocenters. The van der Waals surface area contributed by atoms with Gasteiger partial charge in [0.25, 0.3) is 0 Å². The molecule has 0 spiro atoms. The van der Waals surface area contributed by atoms with Crippen LogP contribution in [0.15, 0.2) is 24.3 Å². The van der Waals surface area contributed by atoms with E-state index < -0.39 is 0 Å². The van der Waals surface area contributed by atoms with E-state index in [1.807, 2.05) is 31.2 Å². The number of carbonyl (C=O) groups is 1. The second kappa shape index (κ2) is 7.94. The summed E-state index contributed by atoms with van der Waals surface area (Å²) in [7, 11) is 0. The average Bonchev–Trinajstić information content (AvgIpc) is 2.84. The van der Waals surface area contributed by atoms with Crippen LogP contribution < -0.4 is 10.1 Å². The Morgan fingerprint density at radius 2 is 2.18 bits per heavy atom. The summed E-state index contributed by atoms with van der Waals surface area (Å²) in [5.41, 5.74) is 1.98. The normalized spacial score (nSPS) is 10.5. The summed E-state index contributed by atoms with van der Waals surface area (Å²) in [6, 6.07) is 8.03. The molecule has 0 aliphatic rings. The molecule has 4 nitrogen and oxygen atoms in total. The molecular weight excluding hydrogens is 296 g/mol. The first-order chi connectivity index (χ1) is 10.6. The zero-order valence-electron chi connectivity index (χ0n) is 13.3. The van der Waals surface area contributed by atoms with Crippen molar-refractivity contribution < 1.29 is 9.53 Å². The fourth-order valence-corrected chi connectivity index (χ4v) is 3.15. The van der Waals surface area contributed by atoms with Gasteiger partial charge in [0, 0.05) is 6.92 Å². The van der Waals surface area contributed by atoms with E-state index in [1.54, 1.807) is 0 Å². The van der Waals surface area contributed by atoms with Gasteiger partial charge < -0.3 is 10.1 Å². The van der Waals surface area contributed by atoms with Crippen LogP contribution in [0.1, 0.15) is 38.8 Å². The molecule has 1 aromatic carbocycles. The van der Waals surface area contributed by atoms with Crippen molar-refractivity contribution in [1.82, 2.24) is 4.98 Å². The first-order valence-electron chi connectivity index (χ1n) is 7.58. The molecule has 0 aliphatic heterocycles. The van der Waals surface area contributed by atoms with Gasteiger partial charge in [-0.15, -0.1) is 0 Å². The lowest BCUT2D eigenvalue weighted by molar-refractivity contribution is -0.114. The highest BCUT2D eigenvalue weighted by molar-refractivity contribution is 7.19. The van der Waals surface area contributed by atoms with Gasteiger partial charge in [-0.1, -0.05) is 43.2 Å². The van der Waals surface area contributed by atoms with Crippen LogP contribution in [0.5, 0.6) is 5.75 Å². The minimum atomic E-state index is -0.103. The summed E-state index contributed by atoms with van der Waals surface area (Å²) in [6.07, 6.45) is 3.45. The number of anilines is 1. The largest absolute Gasteiger partial charge is 0.494 e. The van der Waals surface area contributed by atoms with Gasteiger partial charge in [0.2, 0.25) is 5.91 Å². The van der Waals surface area contributed by atoms with E-state index in [0.717, 1.165) is 34.9 Å². The molecule has 1 aromatic heterocycles. The quantitative estimate of drug-likeness (QED) is 0.756. The lowest BCUT2D eigenvalue weighted by atomic mass is 10.1. The van der Waals surface area contributed by atoms with Crippen molar-refractivity contribution >= 4 is 22.4 Å². The highest BCUT2D eigenvalue weighted by atomic mass is 32.1. The molecule has 22 heavy (non-hydrogen) atoms. The van der Waals surface area contributed by atoms with Crippen LogP contribution >= 0.6 is 11.3 Å². The molecule has 0 unspecified atom stereocenters. The fraction of sp³-hybridized carbons (Fsp3) is 0.412. The number of nitrogens with zero attached hydrogens (tertiary/aromatic N) is 1. The predicted octanol–water partition coefficient (Wildman–Crippen LogP) is 4.65. The molecule has 0 bridgehead atoms. The Morgan fingerprint density at radius 3 is 2.91 bits per heavy atom. The lowest BCUT2D eigenvalue weighted by Crippen LogP contribution is -2.04. The summed E-state index contributed by atoms with van der Waals surface area (Å²) in [5.74, 6) is 0.774. The van der Waals surface area contributed by atoms with Gasteiger partial charge in [0.1, 0.15) is 5.75 Å². The highest BCUT2D eigenvalue weighted by Crippen LogP contribution is 2.34. The maximum atomic E-state index is 11.1. The van der Waals surface area contributed by atoms with Gasteiger partial charge in [-0.25, -0.2) is 4.98 Å². The molecule has 1 N–H and O–H groups in total. The number of carbonyl (C=O) groups excluding carboxylic acids is 1. The van der Waals surface area contributed by atoms with Crippen molar-refractivity contribution in [3.8, 4) is 16.2 Å². The van der Waals surface area contributed by atoms with E-state index >= 15 is 0 Å². The van der Waals surface area contributed by atoms with Crippen molar-refractivity contribution in [2.45, 2.75) is 40.0 Å². The van der Waals surface area contributed by atoms with Gasteiger partial charge in [-0.05, 0) is 31.0 Å². The van der Waals surface area contributed by atoms with Gasteiger partial charge in [0.05, 0.1) is 17.2 Å². The number of rotatable bonds is 7. The van der Waals surface area contributed by atoms with E-state index in [-0.39, 0.29) is 5.91 Å². The number of thiazole rings is 1. The Kier molecular flexibility index (Phi) is 5.95. The molecule has 5 heteroatoms. The number of hydrogen-bond acceptors (Lipinski definition) is 4. The Morgan fingerprint density at radius 1 is 1.36 bits per heavy atom. The third-order valence-electron chi connectivity index (χ3n) is 3.19. The Hall–Kier alpha value is -1.88. The molecule has 2 aromatic rings. The minimum absolute atomic E-state index is 0.103. The smallest absolute Gasteiger partial charge is 0.223 e. The molecule has 1 heterocycles. The van der Waals surface area contributed by atoms with E-state index in [4.69, 9.17) is 4.74 Å². The second-order valence-electron chi connectivity index (χ2n) is 5.20. The van der Waals surface area contributed by atoms with E-state index in [0.29, 0.717) is 5.13 Å². The lowest BCUT2D eigenvalue weighted by Gasteiger charge is -2.07. The van der Waals surface area contributed by atoms with E-state index in [2.05, 4.69) is 17.2 Å². The average molecular weight is 318 g/mol. The number of ether oxygens (including phenoxy) is 1. The number of unbranched alkanes of at least 4 members (excludes halogenated alkanes) is 2. The summed E-state index contributed by atoms with van der Waals surface area (Å²) < 4.78 is 5.80. The molecule has 0 fully saturated rings. The minimum Gasteiger partial charge on any atom is -0.494 e. The maximum absolute atomic E-state index is 11.1. The number of hydrogen-bond donors (Lipinski definition) is 1. The number of amides is 1. The van der Waals surface area contributed by atoms with Crippen LogP contribution in [-0.4, -0.2) is 17.5 Å². The summed E-state index contributed by atoms with van der Waals surface area (Å²) >= 11 is 1.48. The van der Waals surface area contributed by atoms with Crippen molar-refractivity contribution in [1.29, 1.82) is 0 Å². The Balaban J connectivity index is 2.11. The second-order valence-corrected chi connectivity index (χ2v) is 6.20. The van der Waals surface area contributed by atoms with Gasteiger partial charge in [0.15, 0.2) is 5.13 Å². The first-order valence-corrected chi connectivity index (χ1v) is 8.40. The van der Waals surface area contributed by atoms with E-state index in [1.165, 1.54) is 31.1 Å². The topological polar surface area (TPSA) is 51.2 Å². The van der Waals surface area contributed by atoms with Crippen LogP contribution in [-0.2, 0) is 4.79 Å². The van der Waals surface area contributed by atoms with Crippen molar-refractivity contribution in [3.63, 3.8) is 0 Å².